The summed E-state index contributed by atoms with van der Waals surface area (Å²) in [5.74, 6) is -1.77. The topological polar surface area (TPSA) is 79.6 Å². The zero-order chi connectivity index (χ0) is 27.8. The summed E-state index contributed by atoms with van der Waals surface area (Å²) in [7, 11) is 0. The summed E-state index contributed by atoms with van der Waals surface area (Å²) in [6.45, 7) is 6.03. The van der Waals surface area contributed by atoms with Crippen molar-refractivity contribution in [2.24, 2.45) is 5.92 Å². The maximum atomic E-state index is 14.6. The van der Waals surface area contributed by atoms with Crippen molar-refractivity contribution in [2.45, 2.75) is 38.3 Å². The van der Waals surface area contributed by atoms with E-state index in [1.165, 1.54) is 6.26 Å². The highest BCUT2D eigenvalue weighted by atomic mass is 16.3. The number of hydrogen-bond donors (Lipinski definition) is 1. The molecule has 0 saturated carbocycles. The Hall–Kier alpha value is -4.71. The van der Waals surface area contributed by atoms with Crippen LogP contribution in [0.2, 0.25) is 0 Å². The smallest absolute Gasteiger partial charge is 0.238 e. The summed E-state index contributed by atoms with van der Waals surface area (Å²) in [4.78, 5) is 45.6. The van der Waals surface area contributed by atoms with Crippen molar-refractivity contribution >= 4 is 34.4 Å². The van der Waals surface area contributed by atoms with E-state index < -0.39 is 23.4 Å². The molecule has 6 heteroatoms. The van der Waals surface area contributed by atoms with Crippen molar-refractivity contribution in [1.29, 1.82) is 0 Å². The average molecular weight is 529 g/mol. The Morgan fingerprint density at radius 3 is 2.38 bits per heavy atom. The first kappa shape index (κ1) is 24.3. The van der Waals surface area contributed by atoms with Crippen molar-refractivity contribution in [2.75, 3.05) is 10.2 Å². The molecule has 3 aliphatic heterocycles. The fourth-order valence-electron chi connectivity index (χ4n) is 7.01. The van der Waals surface area contributed by atoms with Crippen LogP contribution in [0.15, 0.2) is 95.6 Å². The number of nitrogens with zero attached hydrogens (tertiary/aromatic N) is 1. The van der Waals surface area contributed by atoms with Gasteiger partial charge in [0.15, 0.2) is 11.5 Å². The van der Waals surface area contributed by atoms with E-state index in [0.717, 1.165) is 33.5 Å². The van der Waals surface area contributed by atoms with Gasteiger partial charge in [0.25, 0.3) is 0 Å². The third-order valence-electron chi connectivity index (χ3n) is 8.78. The van der Waals surface area contributed by atoms with E-state index in [1.807, 2.05) is 74.2 Å². The SMILES string of the molecule is CC1=C[C@@H]2N(c3ccc(C)cc31)[C@H](C(=O)c1ccc(C)cc1)[C@@H](C(=O)c1ccco1)[C@]21C(=O)Nc2ccccc21. The number of para-hydroxylation sites is 1. The van der Waals surface area contributed by atoms with Crippen LogP contribution < -0.4 is 10.2 Å². The fraction of sp³-hybridized carbons (Fsp3) is 0.206. The maximum Gasteiger partial charge on any atom is 0.238 e. The zero-order valence-corrected chi connectivity index (χ0v) is 22.5. The number of amides is 1. The molecule has 1 saturated heterocycles. The summed E-state index contributed by atoms with van der Waals surface area (Å²) >= 11 is 0. The predicted molar refractivity (Wildman–Crippen MR) is 154 cm³/mol. The minimum Gasteiger partial charge on any atom is -0.461 e. The molecule has 1 N–H and O–H groups in total. The van der Waals surface area contributed by atoms with Crippen molar-refractivity contribution in [3.63, 3.8) is 0 Å². The maximum absolute atomic E-state index is 14.6. The Morgan fingerprint density at radius 2 is 1.62 bits per heavy atom. The number of rotatable bonds is 4. The third kappa shape index (κ3) is 3.19. The minimum absolute atomic E-state index is 0.132. The highest BCUT2D eigenvalue weighted by Gasteiger charge is 2.70. The first-order chi connectivity index (χ1) is 19.3. The first-order valence-corrected chi connectivity index (χ1v) is 13.5. The van der Waals surface area contributed by atoms with Gasteiger partial charge in [-0.3, -0.25) is 14.4 Å². The molecular formula is C34H28N2O4. The van der Waals surface area contributed by atoms with E-state index >= 15 is 0 Å². The number of ketones is 2. The van der Waals surface area contributed by atoms with Gasteiger partial charge in [0.1, 0.15) is 11.5 Å². The van der Waals surface area contributed by atoms with Gasteiger partial charge in [-0.2, -0.15) is 0 Å². The van der Waals surface area contributed by atoms with Crippen molar-refractivity contribution in [3.8, 4) is 0 Å². The number of anilines is 2. The molecule has 198 valence electrons. The van der Waals surface area contributed by atoms with Crippen LogP contribution in [0, 0.1) is 19.8 Å². The molecule has 1 amide bonds. The van der Waals surface area contributed by atoms with E-state index in [0.29, 0.717) is 11.3 Å². The first-order valence-electron chi connectivity index (χ1n) is 13.5. The molecule has 1 fully saturated rings. The van der Waals surface area contributed by atoms with Crippen LogP contribution in [0.25, 0.3) is 5.57 Å². The Bertz CT molecular complexity index is 1730. The second-order valence-corrected chi connectivity index (χ2v) is 11.1. The van der Waals surface area contributed by atoms with Gasteiger partial charge in [-0.15, -0.1) is 0 Å². The molecule has 3 aromatic carbocycles. The summed E-state index contributed by atoms with van der Waals surface area (Å²) < 4.78 is 5.62. The van der Waals surface area contributed by atoms with Gasteiger partial charge in [-0.25, -0.2) is 0 Å². The van der Waals surface area contributed by atoms with E-state index in [9.17, 15) is 14.4 Å². The standard InChI is InChI=1S/C34H28N2O4/c1-19-10-13-22(14-11-19)31(37)30-29(32(38)27-9-6-16-40-27)34(24-7-4-5-8-25(24)35-33(34)39)28-18-21(3)23-17-20(2)12-15-26(23)36(28)30/h4-18,28-30H,1-3H3,(H,35,39)/t28-,29-,30-,34+/m0/s1. The van der Waals surface area contributed by atoms with Crippen molar-refractivity contribution < 1.29 is 18.8 Å². The van der Waals surface area contributed by atoms with E-state index in [-0.39, 0.29) is 23.2 Å². The fourth-order valence-corrected chi connectivity index (χ4v) is 7.01. The van der Waals surface area contributed by atoms with Crippen molar-refractivity contribution in [3.05, 3.63) is 125 Å². The van der Waals surface area contributed by atoms with E-state index in [1.54, 1.807) is 24.3 Å². The second-order valence-electron chi connectivity index (χ2n) is 11.1. The van der Waals surface area contributed by atoms with Gasteiger partial charge in [-0.05, 0) is 62.2 Å². The lowest BCUT2D eigenvalue weighted by Crippen LogP contribution is -2.51. The average Bonchev–Trinajstić information content (AvgIpc) is 3.66. The number of carbonyl (C=O) groups excluding carboxylic acids is 3. The van der Waals surface area contributed by atoms with Gasteiger partial charge in [0, 0.05) is 22.5 Å². The van der Waals surface area contributed by atoms with Crippen LogP contribution in [0.3, 0.4) is 0 Å². The van der Waals surface area contributed by atoms with E-state index in [4.69, 9.17) is 4.42 Å². The lowest BCUT2D eigenvalue weighted by Gasteiger charge is -2.39. The number of benzene rings is 3. The predicted octanol–water partition coefficient (Wildman–Crippen LogP) is 6.14. The van der Waals surface area contributed by atoms with Gasteiger partial charge >= 0.3 is 0 Å². The molecule has 4 atom stereocenters. The minimum atomic E-state index is -1.35. The number of carbonyl (C=O) groups is 3. The summed E-state index contributed by atoms with van der Waals surface area (Å²) in [5, 5.41) is 3.06. The molecule has 7 rings (SSSR count). The lowest BCUT2D eigenvalue weighted by molar-refractivity contribution is -0.121. The summed E-state index contributed by atoms with van der Waals surface area (Å²) in [5.41, 5.74) is 5.48. The van der Waals surface area contributed by atoms with Gasteiger partial charge in [0.2, 0.25) is 11.7 Å². The Morgan fingerprint density at radius 1 is 0.875 bits per heavy atom. The zero-order valence-electron chi connectivity index (χ0n) is 22.5. The summed E-state index contributed by atoms with van der Waals surface area (Å²) in [6.07, 6.45) is 3.51. The Kier molecular flexibility index (Phi) is 5.26. The molecule has 1 aromatic heterocycles. The molecule has 0 radical (unpaired) electrons. The van der Waals surface area contributed by atoms with Gasteiger partial charge in [-0.1, -0.05) is 65.7 Å². The van der Waals surface area contributed by atoms with Crippen LogP contribution in [0.5, 0.6) is 0 Å². The van der Waals surface area contributed by atoms with Crippen LogP contribution in [-0.2, 0) is 10.2 Å². The van der Waals surface area contributed by atoms with Crippen LogP contribution >= 0.6 is 0 Å². The highest BCUT2D eigenvalue weighted by molar-refractivity contribution is 6.18. The molecule has 4 heterocycles. The number of Topliss-reactive ketones (excluding diaryl/α,β-unsaturated/α-hetero) is 2. The number of allylic oxidation sites excluding steroid dienone is 1. The molecule has 40 heavy (non-hydrogen) atoms. The van der Waals surface area contributed by atoms with Gasteiger partial charge in [0.05, 0.1) is 18.2 Å². The molecule has 0 aliphatic carbocycles. The quantitative estimate of drug-likeness (QED) is 0.322. The van der Waals surface area contributed by atoms with Crippen molar-refractivity contribution in [1.82, 2.24) is 0 Å². The molecule has 1 spiro atoms. The molecule has 0 unspecified atom stereocenters. The van der Waals surface area contributed by atoms with Crippen LogP contribution in [-0.4, -0.2) is 29.6 Å². The molecular weight excluding hydrogens is 500 g/mol. The highest BCUT2D eigenvalue weighted by Crippen LogP contribution is 2.58. The van der Waals surface area contributed by atoms with Crippen LogP contribution in [0.4, 0.5) is 11.4 Å². The largest absolute Gasteiger partial charge is 0.461 e. The summed E-state index contributed by atoms with van der Waals surface area (Å²) in [6, 6.07) is 22.8. The van der Waals surface area contributed by atoms with E-state index in [2.05, 4.69) is 17.5 Å². The number of nitrogens with one attached hydrogen (secondary N) is 1. The number of fused-ring (bicyclic) bond motifs is 6. The number of hydrogen-bond acceptors (Lipinski definition) is 5. The Balaban J connectivity index is 1.56. The number of furan rings is 1. The lowest BCUT2D eigenvalue weighted by atomic mass is 9.64. The monoisotopic (exact) mass is 528 g/mol. The number of aryl methyl sites for hydroxylation is 2. The van der Waals surface area contributed by atoms with Crippen LogP contribution in [0.1, 0.15) is 50.1 Å². The second kappa shape index (κ2) is 8.65. The third-order valence-corrected chi connectivity index (χ3v) is 8.78. The molecule has 0 bridgehead atoms. The molecule has 3 aliphatic rings. The normalized spacial score (nSPS) is 24.3. The molecule has 6 nitrogen and oxygen atoms in total. The molecule has 4 aromatic rings. The Labute approximate surface area is 232 Å². The van der Waals surface area contributed by atoms with Gasteiger partial charge < -0.3 is 14.6 Å².